The van der Waals surface area contributed by atoms with E-state index in [9.17, 15) is 0 Å². The molecule has 0 fully saturated rings. The predicted octanol–water partition coefficient (Wildman–Crippen LogP) is 2.08. The van der Waals surface area contributed by atoms with E-state index in [1.54, 1.807) is 6.33 Å². The third-order valence-corrected chi connectivity index (χ3v) is 2.97. The van der Waals surface area contributed by atoms with Crippen molar-refractivity contribution in [2.75, 3.05) is 23.7 Å². The lowest BCUT2D eigenvalue weighted by atomic mass is 9.94. The van der Waals surface area contributed by atoms with Crippen LogP contribution in [0.25, 0.3) is 0 Å². The van der Waals surface area contributed by atoms with Crippen LogP contribution in [0.1, 0.15) is 34.1 Å². The first-order valence-corrected chi connectivity index (χ1v) is 6.49. The molecule has 1 aromatic rings. The fraction of sp³-hybridized carbons (Fsp3) is 0.692. The molecule has 5 nitrogen and oxygen atoms in total. The van der Waals surface area contributed by atoms with E-state index in [-0.39, 0.29) is 5.41 Å². The molecule has 0 radical (unpaired) electrons. The molecule has 5 heteroatoms. The maximum Gasteiger partial charge on any atom is 0.131 e. The third-order valence-electron chi connectivity index (χ3n) is 2.97. The Morgan fingerprint density at radius 1 is 1.33 bits per heavy atom. The SMILES string of the molecule is CCC(C)Nc1cc(NCC(C)(C)CN)ncn1. The second-order valence-electron chi connectivity index (χ2n) is 5.46. The highest BCUT2D eigenvalue weighted by Gasteiger charge is 2.15. The Labute approximate surface area is 110 Å². The van der Waals surface area contributed by atoms with Gasteiger partial charge >= 0.3 is 0 Å². The molecule has 0 aliphatic carbocycles. The van der Waals surface area contributed by atoms with E-state index in [1.165, 1.54) is 0 Å². The third kappa shape index (κ3) is 4.87. The van der Waals surface area contributed by atoms with E-state index in [1.807, 2.05) is 6.07 Å². The monoisotopic (exact) mass is 251 g/mol. The zero-order chi connectivity index (χ0) is 13.6. The Hall–Kier alpha value is -1.36. The summed E-state index contributed by atoms with van der Waals surface area (Å²) >= 11 is 0. The molecule has 0 spiro atoms. The second-order valence-corrected chi connectivity index (χ2v) is 5.46. The van der Waals surface area contributed by atoms with Crippen molar-refractivity contribution in [3.63, 3.8) is 0 Å². The van der Waals surface area contributed by atoms with E-state index in [4.69, 9.17) is 5.73 Å². The van der Waals surface area contributed by atoms with Crippen molar-refractivity contribution in [3.8, 4) is 0 Å². The standard InChI is InChI=1S/C13H25N5/c1-5-10(2)18-12-6-11(16-9-17-12)15-8-13(3,4)7-14/h6,9-10H,5,7-8,14H2,1-4H3,(H2,15,16,17,18). The summed E-state index contributed by atoms with van der Waals surface area (Å²) in [5, 5.41) is 6.62. The van der Waals surface area contributed by atoms with Gasteiger partial charge < -0.3 is 16.4 Å². The summed E-state index contributed by atoms with van der Waals surface area (Å²) in [4.78, 5) is 8.41. The van der Waals surface area contributed by atoms with Crippen LogP contribution < -0.4 is 16.4 Å². The zero-order valence-corrected chi connectivity index (χ0v) is 11.8. The first-order valence-electron chi connectivity index (χ1n) is 6.49. The van der Waals surface area contributed by atoms with Crippen molar-refractivity contribution in [3.05, 3.63) is 12.4 Å². The van der Waals surface area contributed by atoms with Crippen molar-refractivity contribution in [2.45, 2.75) is 40.2 Å². The molecule has 1 unspecified atom stereocenters. The number of nitrogens with one attached hydrogen (secondary N) is 2. The van der Waals surface area contributed by atoms with Gasteiger partial charge in [-0.25, -0.2) is 9.97 Å². The summed E-state index contributed by atoms with van der Waals surface area (Å²) < 4.78 is 0. The van der Waals surface area contributed by atoms with Gasteiger partial charge in [0.15, 0.2) is 0 Å². The summed E-state index contributed by atoms with van der Waals surface area (Å²) in [6.45, 7) is 9.96. The van der Waals surface area contributed by atoms with Crippen LogP contribution in [0.15, 0.2) is 12.4 Å². The minimum Gasteiger partial charge on any atom is -0.369 e. The fourth-order valence-electron chi connectivity index (χ4n) is 1.29. The van der Waals surface area contributed by atoms with Crippen LogP contribution in [-0.4, -0.2) is 29.1 Å². The first kappa shape index (κ1) is 14.7. The lowest BCUT2D eigenvalue weighted by Gasteiger charge is -2.23. The smallest absolute Gasteiger partial charge is 0.131 e. The molecule has 1 atom stereocenters. The van der Waals surface area contributed by atoms with Crippen LogP contribution in [0.5, 0.6) is 0 Å². The molecule has 1 aromatic heterocycles. The van der Waals surface area contributed by atoms with Crippen LogP contribution in [0.4, 0.5) is 11.6 Å². The van der Waals surface area contributed by atoms with Crippen molar-refractivity contribution in [1.29, 1.82) is 0 Å². The second kappa shape index (κ2) is 6.54. The fourth-order valence-corrected chi connectivity index (χ4v) is 1.29. The summed E-state index contributed by atoms with van der Waals surface area (Å²) in [7, 11) is 0. The van der Waals surface area contributed by atoms with Crippen LogP contribution in [0, 0.1) is 5.41 Å². The molecule has 1 heterocycles. The molecule has 0 aliphatic rings. The van der Waals surface area contributed by atoms with E-state index in [2.05, 4.69) is 48.3 Å². The van der Waals surface area contributed by atoms with Crippen molar-refractivity contribution < 1.29 is 0 Å². The summed E-state index contributed by atoms with van der Waals surface area (Å²) in [6, 6.07) is 2.34. The molecule has 0 saturated carbocycles. The lowest BCUT2D eigenvalue weighted by Crippen LogP contribution is -2.31. The van der Waals surface area contributed by atoms with Crippen LogP contribution >= 0.6 is 0 Å². The number of rotatable bonds is 7. The Morgan fingerprint density at radius 2 is 2.00 bits per heavy atom. The molecule has 1 rings (SSSR count). The van der Waals surface area contributed by atoms with Crippen LogP contribution in [-0.2, 0) is 0 Å². The van der Waals surface area contributed by atoms with Crippen molar-refractivity contribution >= 4 is 11.6 Å². The zero-order valence-electron chi connectivity index (χ0n) is 11.8. The van der Waals surface area contributed by atoms with Gasteiger partial charge in [-0.1, -0.05) is 20.8 Å². The van der Waals surface area contributed by atoms with Gasteiger partial charge in [-0.3, -0.25) is 0 Å². The molecule has 0 saturated heterocycles. The van der Waals surface area contributed by atoms with Gasteiger partial charge in [0.2, 0.25) is 0 Å². The summed E-state index contributed by atoms with van der Waals surface area (Å²) in [5.41, 5.74) is 5.76. The number of nitrogens with two attached hydrogens (primary N) is 1. The van der Waals surface area contributed by atoms with Gasteiger partial charge in [-0.2, -0.15) is 0 Å². The van der Waals surface area contributed by atoms with Gasteiger partial charge in [0.05, 0.1) is 0 Å². The highest BCUT2D eigenvalue weighted by molar-refractivity contribution is 5.46. The summed E-state index contributed by atoms with van der Waals surface area (Å²) in [5.74, 6) is 1.68. The minimum absolute atomic E-state index is 0.0647. The molecular formula is C13H25N5. The Bertz CT molecular complexity index is 364. The average molecular weight is 251 g/mol. The quantitative estimate of drug-likeness (QED) is 0.692. The van der Waals surface area contributed by atoms with E-state index in [0.717, 1.165) is 24.6 Å². The predicted molar refractivity (Wildman–Crippen MR) is 76.7 cm³/mol. The minimum atomic E-state index is 0.0647. The number of nitrogens with zero attached hydrogens (tertiary/aromatic N) is 2. The van der Waals surface area contributed by atoms with Crippen LogP contribution in [0.2, 0.25) is 0 Å². The Morgan fingerprint density at radius 3 is 2.61 bits per heavy atom. The molecule has 4 N–H and O–H groups in total. The summed E-state index contributed by atoms with van der Waals surface area (Å²) in [6.07, 6.45) is 2.63. The van der Waals surface area contributed by atoms with E-state index in [0.29, 0.717) is 12.6 Å². The van der Waals surface area contributed by atoms with Crippen LogP contribution in [0.3, 0.4) is 0 Å². The van der Waals surface area contributed by atoms with Gasteiger partial charge in [-0.15, -0.1) is 0 Å². The van der Waals surface area contributed by atoms with Gasteiger partial charge in [0.1, 0.15) is 18.0 Å². The molecule has 0 bridgehead atoms. The number of anilines is 2. The molecule has 102 valence electrons. The Kier molecular flexibility index (Phi) is 5.34. The maximum atomic E-state index is 5.70. The van der Waals surface area contributed by atoms with Gasteiger partial charge in [0.25, 0.3) is 0 Å². The molecule has 0 aromatic carbocycles. The number of aromatic nitrogens is 2. The molecular weight excluding hydrogens is 226 g/mol. The topological polar surface area (TPSA) is 75.9 Å². The number of hydrogen-bond donors (Lipinski definition) is 3. The molecule has 18 heavy (non-hydrogen) atoms. The van der Waals surface area contributed by atoms with E-state index < -0.39 is 0 Å². The average Bonchev–Trinajstić information content (AvgIpc) is 2.37. The van der Waals surface area contributed by atoms with Crippen molar-refractivity contribution in [1.82, 2.24) is 9.97 Å². The highest BCUT2D eigenvalue weighted by atomic mass is 15.1. The normalized spacial score (nSPS) is 13.2. The first-order chi connectivity index (χ1) is 8.46. The van der Waals surface area contributed by atoms with Gasteiger partial charge in [0, 0.05) is 18.7 Å². The molecule has 0 amide bonds. The highest BCUT2D eigenvalue weighted by Crippen LogP contribution is 2.15. The van der Waals surface area contributed by atoms with Gasteiger partial charge in [-0.05, 0) is 25.3 Å². The number of hydrogen-bond acceptors (Lipinski definition) is 5. The van der Waals surface area contributed by atoms with Crippen molar-refractivity contribution in [2.24, 2.45) is 11.1 Å². The Balaban J connectivity index is 2.59. The largest absolute Gasteiger partial charge is 0.369 e. The molecule has 0 aliphatic heterocycles. The lowest BCUT2D eigenvalue weighted by molar-refractivity contribution is 0.405. The maximum absolute atomic E-state index is 5.70. The van der Waals surface area contributed by atoms with E-state index >= 15 is 0 Å².